The van der Waals surface area contributed by atoms with Crippen LogP contribution in [0.2, 0.25) is 10.0 Å². The van der Waals surface area contributed by atoms with Gasteiger partial charge in [-0.3, -0.25) is 9.59 Å². The summed E-state index contributed by atoms with van der Waals surface area (Å²) in [7, 11) is -3.80. The molecule has 2 aromatic rings. The number of sulfone groups is 1. The van der Waals surface area contributed by atoms with E-state index in [1.807, 2.05) is 0 Å². The van der Waals surface area contributed by atoms with Gasteiger partial charge < -0.3 is 19.8 Å². The van der Waals surface area contributed by atoms with E-state index in [0.29, 0.717) is 21.2 Å². The molecule has 1 saturated carbocycles. The fraction of sp³-hybridized carbons (Fsp3) is 0.481. The lowest BCUT2D eigenvalue weighted by Gasteiger charge is -2.48. The molecule has 1 saturated heterocycles. The normalized spacial score (nSPS) is 23.3. The quantitative estimate of drug-likeness (QED) is 0.424. The van der Waals surface area contributed by atoms with Crippen LogP contribution in [0, 0.1) is 5.92 Å². The number of aliphatic carboxylic acids is 1. The van der Waals surface area contributed by atoms with Crippen molar-refractivity contribution in [1.29, 1.82) is 0 Å². The Morgan fingerprint density at radius 3 is 2.32 bits per heavy atom. The van der Waals surface area contributed by atoms with E-state index in [-0.39, 0.29) is 11.7 Å². The zero-order chi connectivity index (χ0) is 27.8. The Morgan fingerprint density at radius 2 is 1.76 bits per heavy atom. The number of hydrogen-bond donors (Lipinski definition) is 2. The molecule has 0 aromatic heterocycles. The van der Waals surface area contributed by atoms with Crippen LogP contribution in [-0.4, -0.2) is 64.7 Å². The molecule has 2 N–H and O–H groups in total. The highest BCUT2D eigenvalue weighted by Crippen LogP contribution is 2.48. The highest BCUT2D eigenvalue weighted by Gasteiger charge is 2.51. The predicted molar refractivity (Wildman–Crippen MR) is 144 cm³/mol. The van der Waals surface area contributed by atoms with Gasteiger partial charge in [-0.2, -0.15) is 0 Å². The number of morpholine rings is 1. The van der Waals surface area contributed by atoms with Crippen molar-refractivity contribution in [3.63, 3.8) is 0 Å². The van der Waals surface area contributed by atoms with Gasteiger partial charge in [-0.25, -0.2) is 8.42 Å². The molecular weight excluding hydrogens is 553 g/mol. The smallest absolute Gasteiger partial charge is 0.306 e. The molecular formula is C27H31Cl2NO7S. The molecule has 4 atom stereocenters. The van der Waals surface area contributed by atoms with Crippen molar-refractivity contribution < 1.29 is 33.0 Å². The van der Waals surface area contributed by atoms with E-state index in [2.05, 4.69) is 0 Å². The number of carboxylic acid groups (broad SMARTS) is 1. The van der Waals surface area contributed by atoms with Crippen molar-refractivity contribution in [3.8, 4) is 0 Å². The molecule has 1 amide bonds. The maximum Gasteiger partial charge on any atom is 0.306 e. The molecule has 1 aliphatic carbocycles. The first-order valence-corrected chi connectivity index (χ1v) is 14.9. The van der Waals surface area contributed by atoms with Gasteiger partial charge in [0.15, 0.2) is 9.84 Å². The summed E-state index contributed by atoms with van der Waals surface area (Å²) in [6, 6.07) is 12.2. The minimum absolute atomic E-state index is 0.0890. The van der Waals surface area contributed by atoms with Crippen LogP contribution in [0.25, 0.3) is 0 Å². The lowest BCUT2D eigenvalue weighted by atomic mass is 9.89. The topological polar surface area (TPSA) is 121 Å². The van der Waals surface area contributed by atoms with Crippen molar-refractivity contribution in [3.05, 3.63) is 69.7 Å². The maximum absolute atomic E-state index is 13.9. The second-order valence-electron chi connectivity index (χ2n) is 10.7. The second-order valence-corrected chi connectivity index (χ2v) is 13.7. The van der Waals surface area contributed by atoms with Gasteiger partial charge in [0.05, 0.1) is 29.6 Å². The molecule has 1 heterocycles. The molecule has 38 heavy (non-hydrogen) atoms. The number of aliphatic hydroxyl groups is 1. The molecule has 1 aliphatic heterocycles. The first-order chi connectivity index (χ1) is 17.7. The average molecular weight is 585 g/mol. The minimum atomic E-state index is -3.80. The number of ether oxygens (including phenoxy) is 1. The second kappa shape index (κ2) is 11.1. The van der Waals surface area contributed by atoms with Crippen molar-refractivity contribution in [2.45, 2.75) is 63.0 Å². The van der Waals surface area contributed by atoms with Gasteiger partial charge in [0.25, 0.3) is 5.91 Å². The van der Waals surface area contributed by atoms with E-state index in [4.69, 9.17) is 27.9 Å². The highest BCUT2D eigenvalue weighted by atomic mass is 35.5. The Labute approximate surface area is 232 Å². The van der Waals surface area contributed by atoms with Gasteiger partial charge in [0, 0.05) is 16.1 Å². The lowest BCUT2D eigenvalue weighted by molar-refractivity contribution is -0.183. The van der Waals surface area contributed by atoms with Crippen molar-refractivity contribution in [1.82, 2.24) is 4.90 Å². The molecule has 0 bridgehead atoms. The van der Waals surface area contributed by atoms with Crippen molar-refractivity contribution >= 4 is 44.9 Å². The summed E-state index contributed by atoms with van der Waals surface area (Å²) in [5.74, 6) is -2.71. The average Bonchev–Trinajstić information content (AvgIpc) is 3.63. The van der Waals surface area contributed by atoms with Gasteiger partial charge >= 0.3 is 5.97 Å². The summed E-state index contributed by atoms with van der Waals surface area (Å²) in [5.41, 5.74) is -0.168. The third-order valence-electron chi connectivity index (χ3n) is 6.70. The number of carboxylic acids is 1. The monoisotopic (exact) mass is 583 g/mol. The Bertz CT molecular complexity index is 1290. The fourth-order valence-electron chi connectivity index (χ4n) is 5.14. The van der Waals surface area contributed by atoms with Crippen molar-refractivity contribution in [2.24, 2.45) is 5.92 Å². The number of hydrogen-bond acceptors (Lipinski definition) is 6. The SMILES string of the molecule is CC(C)(O)CS(=O)(=O)C[C@H](C1CC1)N1C(=O)[C@H](CC(=O)O)O[C@H](c2cccc(Cl)c2)[C@H]1c1ccc(Cl)cc1. The number of amides is 1. The van der Waals surface area contributed by atoms with E-state index in [1.165, 1.54) is 18.7 Å². The Hall–Kier alpha value is -2.17. The fourth-order valence-corrected chi connectivity index (χ4v) is 7.62. The van der Waals surface area contributed by atoms with Gasteiger partial charge in [0.2, 0.25) is 0 Å². The number of carbonyl (C=O) groups is 2. The third kappa shape index (κ3) is 7.07. The lowest BCUT2D eigenvalue weighted by Crippen LogP contribution is -2.57. The number of carbonyl (C=O) groups excluding carboxylic acids is 1. The molecule has 2 aliphatic rings. The number of rotatable bonds is 10. The summed E-state index contributed by atoms with van der Waals surface area (Å²) < 4.78 is 32.6. The maximum atomic E-state index is 13.9. The molecule has 8 nitrogen and oxygen atoms in total. The van der Waals surface area contributed by atoms with E-state index in [9.17, 15) is 28.2 Å². The van der Waals surface area contributed by atoms with Gasteiger partial charge in [-0.1, -0.05) is 47.5 Å². The van der Waals surface area contributed by atoms with Crippen LogP contribution in [0.15, 0.2) is 48.5 Å². The molecule has 11 heteroatoms. The van der Waals surface area contributed by atoms with Crippen LogP contribution in [0.3, 0.4) is 0 Å². The molecule has 2 fully saturated rings. The first kappa shape index (κ1) is 28.8. The minimum Gasteiger partial charge on any atom is -0.481 e. The summed E-state index contributed by atoms with van der Waals surface area (Å²) in [6.45, 7) is 2.84. The predicted octanol–water partition coefficient (Wildman–Crippen LogP) is 4.44. The van der Waals surface area contributed by atoms with Gasteiger partial charge in [0.1, 0.15) is 12.2 Å². The van der Waals surface area contributed by atoms with Gasteiger partial charge in [-0.15, -0.1) is 0 Å². The van der Waals surface area contributed by atoms with Crippen LogP contribution in [-0.2, 0) is 24.2 Å². The van der Waals surface area contributed by atoms with Crippen LogP contribution >= 0.6 is 23.2 Å². The Morgan fingerprint density at radius 1 is 1.11 bits per heavy atom. The highest BCUT2D eigenvalue weighted by molar-refractivity contribution is 7.91. The summed E-state index contributed by atoms with van der Waals surface area (Å²) in [4.78, 5) is 27.2. The zero-order valence-electron chi connectivity index (χ0n) is 21.1. The molecule has 206 valence electrons. The van der Waals surface area contributed by atoms with Crippen LogP contribution in [0.1, 0.15) is 56.4 Å². The number of halogens is 2. The summed E-state index contributed by atoms with van der Waals surface area (Å²) >= 11 is 12.4. The van der Waals surface area contributed by atoms with Crippen LogP contribution in [0.4, 0.5) is 0 Å². The Kier molecular flexibility index (Phi) is 8.45. The first-order valence-electron chi connectivity index (χ1n) is 12.4. The number of benzene rings is 2. The van der Waals surface area contributed by atoms with Gasteiger partial charge in [-0.05, 0) is 68.0 Å². The third-order valence-corrected chi connectivity index (χ3v) is 9.18. The Balaban J connectivity index is 1.86. The molecule has 0 radical (unpaired) electrons. The standard InChI is InChI=1S/C27H31Cl2NO7S/c1-27(2,34)15-38(35,36)14-21(16-6-7-16)30-24(17-8-10-19(28)11-9-17)25(18-4-3-5-20(29)12-18)37-22(26(30)33)13-23(31)32/h3-5,8-12,16,21-22,24-25,34H,6-7,13-15H2,1-2H3,(H,31,32)/t21-,22+,24-,25-/m1/s1. The van der Waals surface area contributed by atoms with E-state index < -0.39 is 63.8 Å². The molecule has 0 spiro atoms. The van der Waals surface area contributed by atoms with E-state index in [0.717, 1.165) is 12.8 Å². The summed E-state index contributed by atoms with van der Waals surface area (Å²) in [6.07, 6.45) is -1.26. The van der Waals surface area contributed by atoms with Crippen LogP contribution in [0.5, 0.6) is 0 Å². The summed E-state index contributed by atoms with van der Waals surface area (Å²) in [5, 5.41) is 20.7. The molecule has 0 unspecified atom stereocenters. The largest absolute Gasteiger partial charge is 0.481 e. The van der Waals surface area contributed by atoms with Crippen molar-refractivity contribution in [2.75, 3.05) is 11.5 Å². The number of nitrogens with zero attached hydrogens (tertiary/aromatic N) is 1. The zero-order valence-corrected chi connectivity index (χ0v) is 23.4. The van der Waals surface area contributed by atoms with E-state index >= 15 is 0 Å². The molecule has 4 rings (SSSR count). The van der Waals surface area contributed by atoms with Crippen LogP contribution < -0.4 is 0 Å². The van der Waals surface area contributed by atoms with E-state index in [1.54, 1.807) is 48.5 Å². The molecule has 2 aromatic carbocycles.